The second-order valence-electron chi connectivity index (χ2n) is 7.12. The number of carbonyl (C=O) groups excluding carboxylic acids is 1. The van der Waals surface area contributed by atoms with Crippen LogP contribution in [-0.2, 0) is 11.3 Å². The maximum atomic E-state index is 14.0. The number of aromatic nitrogens is 4. The predicted octanol–water partition coefficient (Wildman–Crippen LogP) is 3.35. The minimum atomic E-state index is -0.619. The summed E-state index contributed by atoms with van der Waals surface area (Å²) < 4.78 is 28.9. The van der Waals surface area contributed by atoms with Crippen LogP contribution >= 0.6 is 11.8 Å². The van der Waals surface area contributed by atoms with E-state index in [9.17, 15) is 13.6 Å². The van der Waals surface area contributed by atoms with Crippen molar-refractivity contribution in [1.29, 1.82) is 0 Å². The number of amides is 1. The summed E-state index contributed by atoms with van der Waals surface area (Å²) in [5, 5.41) is 12.5. The summed E-state index contributed by atoms with van der Waals surface area (Å²) in [6.45, 7) is 0.156. The van der Waals surface area contributed by atoms with E-state index in [0.717, 1.165) is 31.7 Å². The van der Waals surface area contributed by atoms with Gasteiger partial charge in [0.2, 0.25) is 11.1 Å². The first-order valence-corrected chi connectivity index (χ1v) is 10.2. The maximum Gasteiger partial charge on any atom is 0.233 e. The van der Waals surface area contributed by atoms with Gasteiger partial charge < -0.3 is 4.90 Å². The van der Waals surface area contributed by atoms with Crippen LogP contribution in [0.4, 0.5) is 8.78 Å². The average Bonchev–Trinajstić information content (AvgIpc) is 3.15. The van der Waals surface area contributed by atoms with Gasteiger partial charge in [-0.05, 0) is 42.2 Å². The number of halogens is 2. The fourth-order valence-electron chi connectivity index (χ4n) is 3.51. The van der Waals surface area contributed by atoms with Crippen molar-refractivity contribution in [2.24, 2.45) is 0 Å². The van der Waals surface area contributed by atoms with Crippen LogP contribution in [0.2, 0.25) is 0 Å². The Morgan fingerprint density at radius 3 is 2.70 bits per heavy atom. The molecule has 6 nitrogen and oxygen atoms in total. The zero-order valence-corrected chi connectivity index (χ0v) is 15.7. The van der Waals surface area contributed by atoms with Gasteiger partial charge in [-0.3, -0.25) is 4.79 Å². The quantitative estimate of drug-likeness (QED) is 0.675. The number of hydrogen-bond acceptors (Lipinski definition) is 5. The van der Waals surface area contributed by atoms with Gasteiger partial charge in [0.1, 0.15) is 11.6 Å². The highest BCUT2D eigenvalue weighted by Crippen LogP contribution is 2.33. The molecule has 0 aliphatic heterocycles. The lowest BCUT2D eigenvalue weighted by Gasteiger charge is -2.22. The van der Waals surface area contributed by atoms with Crippen molar-refractivity contribution in [3.05, 3.63) is 35.4 Å². The van der Waals surface area contributed by atoms with Crippen molar-refractivity contribution in [2.75, 3.05) is 5.75 Å². The van der Waals surface area contributed by atoms with Gasteiger partial charge in [0, 0.05) is 24.2 Å². The highest BCUT2D eigenvalue weighted by atomic mass is 32.2. The van der Waals surface area contributed by atoms with Gasteiger partial charge in [0.15, 0.2) is 0 Å². The highest BCUT2D eigenvalue weighted by molar-refractivity contribution is 7.99. The van der Waals surface area contributed by atoms with E-state index < -0.39 is 11.6 Å². The molecule has 1 heterocycles. The first-order chi connectivity index (χ1) is 13.1. The molecule has 0 bridgehead atoms. The molecular weight excluding hydrogens is 372 g/mol. The topological polar surface area (TPSA) is 63.9 Å². The number of benzene rings is 1. The lowest BCUT2D eigenvalue weighted by atomic mass is 10.2. The zero-order chi connectivity index (χ0) is 18.8. The third kappa shape index (κ3) is 4.28. The lowest BCUT2D eigenvalue weighted by molar-refractivity contribution is -0.129. The Kier molecular flexibility index (Phi) is 5.38. The number of thioether (sulfide) groups is 1. The van der Waals surface area contributed by atoms with E-state index in [1.54, 1.807) is 4.90 Å². The lowest BCUT2D eigenvalue weighted by Crippen LogP contribution is -2.34. The van der Waals surface area contributed by atoms with Crippen molar-refractivity contribution in [3.8, 4) is 0 Å². The molecule has 0 N–H and O–H groups in total. The molecule has 0 spiro atoms. The number of rotatable bonds is 7. The molecule has 2 aromatic rings. The molecule has 0 unspecified atom stereocenters. The van der Waals surface area contributed by atoms with Crippen LogP contribution in [0.15, 0.2) is 23.4 Å². The summed E-state index contributed by atoms with van der Waals surface area (Å²) in [4.78, 5) is 14.5. The van der Waals surface area contributed by atoms with Gasteiger partial charge >= 0.3 is 0 Å². The van der Waals surface area contributed by atoms with E-state index in [-0.39, 0.29) is 24.2 Å². The summed E-state index contributed by atoms with van der Waals surface area (Å²) in [6.07, 6.45) is 6.30. The second kappa shape index (κ2) is 7.92. The Morgan fingerprint density at radius 1 is 1.22 bits per heavy atom. The number of carbonyl (C=O) groups is 1. The van der Waals surface area contributed by atoms with Crippen LogP contribution in [0, 0.1) is 11.6 Å². The SMILES string of the molecule is O=C(CSc1nnnn1C1CCCC1)N(Cc1ccc(F)cc1F)C1CC1. The van der Waals surface area contributed by atoms with E-state index in [1.807, 2.05) is 4.68 Å². The minimum Gasteiger partial charge on any atom is -0.335 e. The Bertz CT molecular complexity index is 820. The van der Waals surface area contributed by atoms with Crippen LogP contribution in [0.5, 0.6) is 0 Å². The van der Waals surface area contributed by atoms with E-state index in [1.165, 1.54) is 36.7 Å². The Morgan fingerprint density at radius 2 is 2.00 bits per heavy atom. The number of nitrogens with zero attached hydrogens (tertiary/aromatic N) is 5. The third-order valence-electron chi connectivity index (χ3n) is 5.12. The van der Waals surface area contributed by atoms with Gasteiger partial charge in [0.25, 0.3) is 0 Å². The minimum absolute atomic E-state index is 0.0767. The molecule has 2 fully saturated rings. The molecule has 4 rings (SSSR count). The van der Waals surface area contributed by atoms with E-state index in [2.05, 4.69) is 15.5 Å². The summed E-state index contributed by atoms with van der Waals surface area (Å²) in [5.74, 6) is -1.11. The van der Waals surface area contributed by atoms with Crippen molar-refractivity contribution in [1.82, 2.24) is 25.1 Å². The van der Waals surface area contributed by atoms with Crippen molar-refractivity contribution >= 4 is 17.7 Å². The largest absolute Gasteiger partial charge is 0.335 e. The van der Waals surface area contributed by atoms with E-state index in [0.29, 0.717) is 16.8 Å². The molecular formula is C18H21F2N5OS. The Labute approximate surface area is 160 Å². The van der Waals surface area contributed by atoms with Crippen LogP contribution in [0.25, 0.3) is 0 Å². The van der Waals surface area contributed by atoms with Crippen LogP contribution in [0.3, 0.4) is 0 Å². The average molecular weight is 393 g/mol. The first-order valence-electron chi connectivity index (χ1n) is 9.26. The monoisotopic (exact) mass is 393 g/mol. The Balaban J connectivity index is 1.41. The summed E-state index contributed by atoms with van der Waals surface area (Å²) in [6, 6.07) is 3.92. The van der Waals surface area contributed by atoms with Crippen molar-refractivity contribution in [3.63, 3.8) is 0 Å². The highest BCUT2D eigenvalue weighted by Gasteiger charge is 2.33. The molecule has 1 aromatic carbocycles. The molecule has 144 valence electrons. The van der Waals surface area contributed by atoms with Crippen LogP contribution < -0.4 is 0 Å². The summed E-state index contributed by atoms with van der Waals surface area (Å²) in [5.41, 5.74) is 0.331. The van der Waals surface area contributed by atoms with E-state index >= 15 is 0 Å². The fraction of sp³-hybridized carbons (Fsp3) is 0.556. The van der Waals surface area contributed by atoms with Gasteiger partial charge in [-0.25, -0.2) is 13.5 Å². The number of tetrazole rings is 1. The molecule has 0 radical (unpaired) electrons. The Hall–Kier alpha value is -2.03. The van der Waals surface area contributed by atoms with Gasteiger partial charge in [-0.2, -0.15) is 0 Å². The standard InChI is InChI=1S/C18H21F2N5OS/c19-13-6-5-12(16(20)9-13)10-24(14-7-8-14)17(26)11-27-18-21-22-23-25(18)15-3-1-2-4-15/h5-6,9,14-15H,1-4,7-8,10-11H2. The molecule has 2 aliphatic carbocycles. The molecule has 9 heteroatoms. The maximum absolute atomic E-state index is 14.0. The van der Waals surface area contributed by atoms with Crippen molar-refractivity contribution in [2.45, 2.75) is 62.3 Å². The second-order valence-corrected chi connectivity index (χ2v) is 8.06. The molecule has 2 aliphatic rings. The first kappa shape index (κ1) is 18.3. The van der Waals surface area contributed by atoms with Crippen molar-refractivity contribution < 1.29 is 13.6 Å². The van der Waals surface area contributed by atoms with Gasteiger partial charge in [0.05, 0.1) is 11.8 Å². The smallest absolute Gasteiger partial charge is 0.233 e. The fourth-order valence-corrected chi connectivity index (χ4v) is 4.34. The summed E-state index contributed by atoms with van der Waals surface area (Å²) in [7, 11) is 0. The zero-order valence-electron chi connectivity index (χ0n) is 14.9. The van der Waals surface area contributed by atoms with Gasteiger partial charge in [-0.1, -0.05) is 30.7 Å². The third-order valence-corrected chi connectivity index (χ3v) is 6.04. The molecule has 1 aromatic heterocycles. The molecule has 2 saturated carbocycles. The normalized spacial score (nSPS) is 17.4. The van der Waals surface area contributed by atoms with E-state index in [4.69, 9.17) is 0 Å². The molecule has 1 amide bonds. The van der Waals surface area contributed by atoms with Crippen LogP contribution in [-0.4, -0.2) is 42.8 Å². The summed E-state index contributed by atoms with van der Waals surface area (Å²) >= 11 is 1.32. The molecule has 27 heavy (non-hydrogen) atoms. The van der Waals surface area contributed by atoms with Crippen LogP contribution in [0.1, 0.15) is 50.1 Å². The molecule has 0 atom stereocenters. The number of hydrogen-bond donors (Lipinski definition) is 0. The molecule has 0 saturated heterocycles. The van der Waals surface area contributed by atoms with Gasteiger partial charge in [-0.15, -0.1) is 5.10 Å². The predicted molar refractivity (Wildman–Crippen MR) is 96.0 cm³/mol.